The smallest absolute Gasteiger partial charge is 0.407 e. The molecule has 304 valence electrons. The molecule has 1 aromatic heterocycles. The number of aryl methyl sites for hydroxylation is 1. The second kappa shape index (κ2) is 20.1. The van der Waals surface area contributed by atoms with Crippen molar-refractivity contribution in [1.29, 1.82) is 0 Å². The third-order valence-corrected chi connectivity index (χ3v) is 10.1. The summed E-state index contributed by atoms with van der Waals surface area (Å²) in [6, 6.07) is 19.7. The Morgan fingerprint density at radius 3 is 2.23 bits per heavy atom. The van der Waals surface area contributed by atoms with E-state index in [0.29, 0.717) is 31.8 Å². The molecule has 4 N–H and O–H groups in total. The number of hydrogen-bond donors (Lipinski definition) is 4. The van der Waals surface area contributed by atoms with E-state index in [-0.39, 0.29) is 37.4 Å². The number of hydrazine groups is 1. The maximum absolute atomic E-state index is 14.4. The molecule has 2 heterocycles. The molecule has 0 radical (unpaired) electrons. The lowest BCUT2D eigenvalue weighted by Crippen LogP contribution is -2.60. The normalized spacial score (nSPS) is 15.8. The number of aliphatic hydroxyl groups excluding tert-OH is 1. The van der Waals surface area contributed by atoms with Crippen LogP contribution in [0.2, 0.25) is 0 Å². The van der Waals surface area contributed by atoms with E-state index in [9.17, 15) is 24.3 Å². The summed E-state index contributed by atoms with van der Waals surface area (Å²) in [5, 5.41) is 19.4. The molecule has 1 aliphatic heterocycles. The molecule has 14 nitrogen and oxygen atoms in total. The molecule has 0 spiro atoms. The molecule has 0 saturated carbocycles. The summed E-state index contributed by atoms with van der Waals surface area (Å²) in [4.78, 5) is 62.3. The summed E-state index contributed by atoms with van der Waals surface area (Å²) in [5.74, 6) is -0.411. The number of carbonyl (C=O) groups is 4. The summed E-state index contributed by atoms with van der Waals surface area (Å²) >= 11 is 0. The van der Waals surface area contributed by atoms with Crippen LogP contribution in [0.15, 0.2) is 72.8 Å². The van der Waals surface area contributed by atoms with Crippen LogP contribution in [0, 0.1) is 18.3 Å². The molecule has 4 rings (SSSR count). The van der Waals surface area contributed by atoms with Gasteiger partial charge in [-0.25, -0.2) is 14.6 Å². The van der Waals surface area contributed by atoms with Crippen molar-refractivity contribution in [1.82, 2.24) is 35.9 Å². The van der Waals surface area contributed by atoms with Crippen LogP contribution < -0.4 is 20.8 Å². The van der Waals surface area contributed by atoms with Crippen LogP contribution in [0.1, 0.15) is 63.6 Å². The van der Waals surface area contributed by atoms with E-state index in [1.54, 1.807) is 34.1 Å². The monoisotopic (exact) mass is 773 g/mol. The number of rotatable bonds is 18. The first-order valence-electron chi connectivity index (χ1n) is 19.2. The number of carbonyl (C=O) groups excluding carboxylic acids is 4. The number of aliphatic hydroxyl groups is 1. The molecule has 0 bridgehead atoms. The average Bonchev–Trinajstić information content (AvgIpc) is 3.51. The minimum absolute atomic E-state index is 0.0987. The number of benzene rings is 2. The first kappa shape index (κ1) is 43.5. The fraction of sp³-hybridized carbons (Fsp3) is 0.500. The minimum Gasteiger partial charge on any atom is -0.497 e. The van der Waals surface area contributed by atoms with Gasteiger partial charge in [0.05, 0.1) is 38.6 Å². The number of pyridine rings is 1. The molecule has 1 fully saturated rings. The van der Waals surface area contributed by atoms with Crippen LogP contribution in [0.25, 0.3) is 0 Å². The number of urea groups is 1. The van der Waals surface area contributed by atoms with Crippen LogP contribution in [0.5, 0.6) is 5.75 Å². The van der Waals surface area contributed by atoms with Crippen LogP contribution in [-0.4, -0.2) is 107 Å². The van der Waals surface area contributed by atoms with Crippen LogP contribution >= 0.6 is 0 Å². The minimum atomic E-state index is -1.20. The fourth-order valence-electron chi connectivity index (χ4n) is 6.77. The molecule has 14 heteroatoms. The van der Waals surface area contributed by atoms with Crippen LogP contribution in [0.4, 0.5) is 9.59 Å². The highest BCUT2D eigenvalue weighted by atomic mass is 16.5. The highest BCUT2D eigenvalue weighted by Gasteiger charge is 2.41. The highest BCUT2D eigenvalue weighted by molar-refractivity contribution is 5.88. The van der Waals surface area contributed by atoms with E-state index >= 15 is 0 Å². The van der Waals surface area contributed by atoms with Gasteiger partial charge in [-0.1, -0.05) is 89.6 Å². The average molecular weight is 774 g/mol. The maximum Gasteiger partial charge on any atom is 0.407 e. The molecule has 5 amide bonds. The van der Waals surface area contributed by atoms with Gasteiger partial charge >= 0.3 is 12.1 Å². The van der Waals surface area contributed by atoms with Gasteiger partial charge in [-0.15, -0.1) is 0 Å². The number of nitrogens with zero attached hydrogens (tertiary/aromatic N) is 4. The molecule has 0 aliphatic carbocycles. The largest absolute Gasteiger partial charge is 0.497 e. The summed E-state index contributed by atoms with van der Waals surface area (Å²) < 4.78 is 10.1. The quantitative estimate of drug-likeness (QED) is 0.137. The summed E-state index contributed by atoms with van der Waals surface area (Å²) in [5.41, 5.74) is 5.55. The first-order chi connectivity index (χ1) is 26.6. The number of aromatic nitrogens is 1. The number of methoxy groups -OCH3 is 2. The molecule has 5 atom stereocenters. The van der Waals surface area contributed by atoms with Gasteiger partial charge in [0.1, 0.15) is 17.8 Å². The SMILES string of the molecule is CCC(C)C(C(=O)NC(Cc1ccccc1)C(O)CN(Cc1ccc(OC)cc1)NC(=O)C(NC(=O)OC)C(C)(C)C)N1CCN(Cc2cccc(C)n2)C1=O. The molecule has 2 aromatic carbocycles. The first-order valence-corrected chi connectivity index (χ1v) is 19.2. The lowest BCUT2D eigenvalue weighted by Gasteiger charge is -2.36. The summed E-state index contributed by atoms with van der Waals surface area (Å²) in [6.07, 6.45) is -1.03. The lowest BCUT2D eigenvalue weighted by atomic mass is 9.86. The molecule has 3 aromatic rings. The summed E-state index contributed by atoms with van der Waals surface area (Å²) in [7, 11) is 2.80. The van der Waals surface area contributed by atoms with E-state index in [4.69, 9.17) is 9.47 Å². The number of amides is 5. The Bertz CT molecular complexity index is 1750. The maximum atomic E-state index is 14.4. The van der Waals surface area contributed by atoms with Gasteiger partial charge in [-0.3, -0.25) is 20.0 Å². The van der Waals surface area contributed by atoms with Gasteiger partial charge in [0.25, 0.3) is 5.91 Å². The predicted octanol–water partition coefficient (Wildman–Crippen LogP) is 4.44. The standard InChI is InChI=1S/C42H59N7O7/c1-9-28(2)36(49-23-22-47(41(49)54)26-32-17-13-14-29(3)43-32)38(51)44-34(24-30-15-11-10-12-16-30)35(50)27-48(25-31-18-20-33(55-7)21-19-31)46-39(52)37(42(4,5)6)45-40(53)56-8/h10-21,28,34-37,50H,9,22-27H2,1-8H3,(H,44,51)(H,45,53)(H,46,52). The zero-order chi connectivity index (χ0) is 41.0. The zero-order valence-corrected chi connectivity index (χ0v) is 34.0. The van der Waals surface area contributed by atoms with Crippen molar-refractivity contribution < 1.29 is 33.8 Å². The van der Waals surface area contributed by atoms with Gasteiger partial charge in [0, 0.05) is 31.9 Å². The van der Waals surface area contributed by atoms with Gasteiger partial charge in [0.15, 0.2) is 0 Å². The van der Waals surface area contributed by atoms with Crippen molar-refractivity contribution in [2.24, 2.45) is 11.3 Å². The van der Waals surface area contributed by atoms with E-state index in [0.717, 1.165) is 22.5 Å². The molecule has 5 unspecified atom stereocenters. The van der Waals surface area contributed by atoms with Crippen LogP contribution in [0.3, 0.4) is 0 Å². The van der Waals surface area contributed by atoms with Gasteiger partial charge < -0.3 is 35.0 Å². The van der Waals surface area contributed by atoms with Crippen molar-refractivity contribution >= 4 is 23.9 Å². The molecule has 56 heavy (non-hydrogen) atoms. The Balaban J connectivity index is 1.61. The Morgan fingerprint density at radius 1 is 0.929 bits per heavy atom. The second-order valence-corrected chi connectivity index (χ2v) is 15.5. The van der Waals surface area contributed by atoms with Gasteiger partial charge in [0.2, 0.25) is 5.91 Å². The fourth-order valence-corrected chi connectivity index (χ4v) is 6.77. The highest BCUT2D eigenvalue weighted by Crippen LogP contribution is 2.24. The van der Waals surface area contributed by atoms with Crippen molar-refractivity contribution in [2.45, 2.75) is 91.7 Å². The molecule has 1 saturated heterocycles. The number of hydrogen-bond acceptors (Lipinski definition) is 9. The number of ether oxygens (including phenoxy) is 2. The van der Waals surface area contributed by atoms with Crippen molar-refractivity contribution in [3.8, 4) is 5.75 Å². The van der Waals surface area contributed by atoms with Crippen molar-refractivity contribution in [3.63, 3.8) is 0 Å². The topological polar surface area (TPSA) is 166 Å². The zero-order valence-electron chi connectivity index (χ0n) is 34.0. The van der Waals surface area contributed by atoms with Crippen LogP contribution in [-0.2, 0) is 33.8 Å². The van der Waals surface area contributed by atoms with Gasteiger partial charge in [-0.05, 0) is 60.1 Å². The third kappa shape index (κ3) is 12.1. The lowest BCUT2D eigenvalue weighted by molar-refractivity contribution is -0.132. The number of alkyl carbamates (subject to hydrolysis) is 1. The number of nitrogens with one attached hydrogen (secondary N) is 3. The second-order valence-electron chi connectivity index (χ2n) is 15.5. The van der Waals surface area contributed by atoms with E-state index in [1.807, 2.05) is 102 Å². The van der Waals surface area contributed by atoms with Crippen molar-refractivity contribution in [2.75, 3.05) is 33.9 Å². The Hall–Kier alpha value is -5.21. The Kier molecular flexibility index (Phi) is 15.6. The molecular formula is C42H59N7O7. The Morgan fingerprint density at radius 2 is 1.62 bits per heavy atom. The predicted molar refractivity (Wildman–Crippen MR) is 213 cm³/mol. The third-order valence-electron chi connectivity index (χ3n) is 10.1. The van der Waals surface area contributed by atoms with Crippen molar-refractivity contribution in [3.05, 3.63) is 95.3 Å². The molecular weight excluding hydrogens is 715 g/mol. The van der Waals surface area contributed by atoms with E-state index < -0.39 is 41.6 Å². The molecule has 1 aliphatic rings. The van der Waals surface area contributed by atoms with E-state index in [2.05, 4.69) is 21.0 Å². The van der Waals surface area contributed by atoms with E-state index in [1.165, 1.54) is 7.11 Å². The Labute approximate surface area is 330 Å². The summed E-state index contributed by atoms with van der Waals surface area (Å²) in [6.45, 7) is 12.5. The van der Waals surface area contributed by atoms with Gasteiger partial charge in [-0.2, -0.15) is 0 Å².